The molecule has 0 radical (unpaired) electrons. The van der Waals surface area contributed by atoms with E-state index in [1.807, 2.05) is 20.8 Å². The summed E-state index contributed by atoms with van der Waals surface area (Å²) >= 11 is 1.03. The molecule has 1 aliphatic rings. The van der Waals surface area contributed by atoms with Gasteiger partial charge in [-0.1, -0.05) is 0 Å². The van der Waals surface area contributed by atoms with E-state index in [4.69, 9.17) is 4.74 Å². The number of ether oxygens (including phenoxy) is 1. The Bertz CT molecular complexity index is 731. The average molecular weight is 389 g/mol. The number of hydrogen-bond acceptors (Lipinski definition) is 6. The lowest BCUT2D eigenvalue weighted by molar-refractivity contribution is -0.121. The summed E-state index contributed by atoms with van der Waals surface area (Å²) in [6.45, 7) is 6.46. The van der Waals surface area contributed by atoms with Crippen molar-refractivity contribution in [3.8, 4) is 0 Å². The predicted molar refractivity (Wildman–Crippen MR) is 94.1 cm³/mol. The summed E-state index contributed by atoms with van der Waals surface area (Å²) in [4.78, 5) is 24.2. The molecular formula is C15H23N3O5S2. The second kappa shape index (κ2) is 7.81. The number of carbonyl (C=O) groups is 2. The topological polar surface area (TPSA) is 105 Å². The molecule has 0 atom stereocenters. The van der Waals surface area contributed by atoms with Gasteiger partial charge in [-0.25, -0.2) is 8.42 Å². The van der Waals surface area contributed by atoms with Crippen molar-refractivity contribution in [3.63, 3.8) is 0 Å². The number of morpholine rings is 1. The lowest BCUT2D eigenvalue weighted by Gasteiger charge is -2.26. The molecule has 0 aromatic carbocycles. The van der Waals surface area contributed by atoms with Crippen LogP contribution in [-0.4, -0.2) is 62.9 Å². The molecule has 0 saturated carbocycles. The number of carbonyl (C=O) groups excluding carboxylic acids is 2. The molecule has 1 aromatic heterocycles. The minimum absolute atomic E-state index is 0.0341. The molecule has 1 aromatic rings. The Morgan fingerprint density at radius 1 is 1.28 bits per heavy atom. The third kappa shape index (κ3) is 5.24. The normalized spacial score (nSPS) is 16.4. The van der Waals surface area contributed by atoms with Gasteiger partial charge < -0.3 is 15.4 Å². The van der Waals surface area contributed by atoms with E-state index >= 15 is 0 Å². The van der Waals surface area contributed by atoms with Crippen LogP contribution in [0.15, 0.2) is 16.3 Å². The molecule has 8 nitrogen and oxygen atoms in total. The minimum atomic E-state index is -3.76. The van der Waals surface area contributed by atoms with Crippen LogP contribution in [0.4, 0.5) is 0 Å². The first kappa shape index (κ1) is 19.8. The fourth-order valence-corrected chi connectivity index (χ4v) is 5.02. The van der Waals surface area contributed by atoms with Gasteiger partial charge in [0.25, 0.3) is 5.91 Å². The summed E-state index contributed by atoms with van der Waals surface area (Å²) in [6.07, 6.45) is 0. The predicted octanol–water partition coefficient (Wildman–Crippen LogP) is 0.414. The van der Waals surface area contributed by atoms with Crippen molar-refractivity contribution < 1.29 is 22.7 Å². The molecule has 2 N–H and O–H groups in total. The molecule has 25 heavy (non-hydrogen) atoms. The molecule has 10 heteroatoms. The fraction of sp³-hybridized carbons (Fsp3) is 0.600. The molecule has 2 rings (SSSR count). The van der Waals surface area contributed by atoms with E-state index in [1.165, 1.54) is 10.4 Å². The molecule has 0 spiro atoms. The zero-order valence-corrected chi connectivity index (χ0v) is 16.1. The van der Waals surface area contributed by atoms with Gasteiger partial charge in [0.15, 0.2) is 0 Å². The van der Waals surface area contributed by atoms with Crippen LogP contribution in [0, 0.1) is 0 Å². The summed E-state index contributed by atoms with van der Waals surface area (Å²) in [5, 5.41) is 6.75. The third-order valence-electron chi connectivity index (χ3n) is 3.35. The van der Waals surface area contributed by atoms with Gasteiger partial charge in [0, 0.05) is 18.6 Å². The van der Waals surface area contributed by atoms with Crippen LogP contribution in [-0.2, 0) is 19.6 Å². The quantitative estimate of drug-likeness (QED) is 0.759. The zero-order valence-electron chi connectivity index (χ0n) is 14.5. The monoisotopic (exact) mass is 389 g/mol. The van der Waals surface area contributed by atoms with Crippen molar-refractivity contribution in [1.82, 2.24) is 14.9 Å². The van der Waals surface area contributed by atoms with Gasteiger partial charge in [0.2, 0.25) is 15.9 Å². The van der Waals surface area contributed by atoms with Crippen molar-refractivity contribution in [2.24, 2.45) is 0 Å². The number of nitrogens with one attached hydrogen (secondary N) is 2. The second-order valence-corrected chi connectivity index (χ2v) is 9.43. The molecule has 1 fully saturated rings. The average Bonchev–Trinajstić information content (AvgIpc) is 3.02. The van der Waals surface area contributed by atoms with Crippen LogP contribution in [0.25, 0.3) is 0 Å². The van der Waals surface area contributed by atoms with Gasteiger partial charge in [-0.3, -0.25) is 9.59 Å². The molecule has 2 amide bonds. The Kier molecular flexibility index (Phi) is 6.20. The fourth-order valence-electron chi connectivity index (χ4n) is 2.30. The van der Waals surface area contributed by atoms with Crippen LogP contribution in [0.2, 0.25) is 0 Å². The molecule has 1 aliphatic heterocycles. The number of nitrogens with zero attached hydrogens (tertiary/aromatic N) is 1. The van der Waals surface area contributed by atoms with Crippen LogP contribution in [0.3, 0.4) is 0 Å². The van der Waals surface area contributed by atoms with Crippen molar-refractivity contribution >= 4 is 33.2 Å². The number of thiophene rings is 1. The van der Waals surface area contributed by atoms with E-state index in [0.717, 1.165) is 11.3 Å². The maximum atomic E-state index is 12.7. The highest BCUT2D eigenvalue weighted by molar-refractivity contribution is 7.89. The van der Waals surface area contributed by atoms with Crippen molar-refractivity contribution in [3.05, 3.63) is 16.3 Å². The van der Waals surface area contributed by atoms with E-state index in [-0.39, 0.29) is 35.3 Å². The Labute approximate surface area is 151 Å². The highest BCUT2D eigenvalue weighted by Crippen LogP contribution is 2.25. The number of amides is 2. The maximum absolute atomic E-state index is 12.7. The summed E-state index contributed by atoms with van der Waals surface area (Å²) < 4.78 is 31.9. The van der Waals surface area contributed by atoms with E-state index in [1.54, 1.807) is 5.38 Å². The Hall–Kier alpha value is -1.49. The third-order valence-corrected chi connectivity index (χ3v) is 6.33. The summed E-state index contributed by atoms with van der Waals surface area (Å²) in [5.41, 5.74) is -0.407. The molecule has 0 unspecified atom stereocenters. The molecule has 140 valence electrons. The Morgan fingerprint density at radius 3 is 2.52 bits per heavy atom. The largest absolute Gasteiger partial charge is 0.379 e. The van der Waals surface area contributed by atoms with E-state index in [0.29, 0.717) is 13.2 Å². The van der Waals surface area contributed by atoms with E-state index < -0.39 is 21.5 Å². The summed E-state index contributed by atoms with van der Waals surface area (Å²) in [7, 11) is -3.76. The SMILES string of the molecule is CC(C)(C)NC(=O)CNC(=O)c1sccc1S(=O)(=O)N1CCOCC1. The van der Waals surface area contributed by atoms with E-state index in [9.17, 15) is 18.0 Å². The van der Waals surface area contributed by atoms with Crippen molar-refractivity contribution in [2.75, 3.05) is 32.8 Å². The number of sulfonamides is 1. The second-order valence-electron chi connectivity index (χ2n) is 6.61. The smallest absolute Gasteiger partial charge is 0.263 e. The van der Waals surface area contributed by atoms with Gasteiger partial charge >= 0.3 is 0 Å². The van der Waals surface area contributed by atoms with Gasteiger partial charge in [0.1, 0.15) is 9.77 Å². The van der Waals surface area contributed by atoms with Crippen molar-refractivity contribution in [2.45, 2.75) is 31.2 Å². The van der Waals surface area contributed by atoms with Crippen molar-refractivity contribution in [1.29, 1.82) is 0 Å². The molecular weight excluding hydrogens is 366 g/mol. The first-order valence-corrected chi connectivity index (χ1v) is 10.2. The minimum Gasteiger partial charge on any atom is -0.379 e. The van der Waals surface area contributed by atoms with Gasteiger partial charge in [-0.15, -0.1) is 11.3 Å². The van der Waals surface area contributed by atoms with Gasteiger partial charge in [0.05, 0.1) is 19.8 Å². The molecule has 2 heterocycles. The Balaban J connectivity index is 2.07. The van der Waals surface area contributed by atoms with Crippen LogP contribution >= 0.6 is 11.3 Å². The number of hydrogen-bond donors (Lipinski definition) is 2. The van der Waals surface area contributed by atoms with Crippen LogP contribution in [0.1, 0.15) is 30.4 Å². The zero-order chi connectivity index (χ0) is 18.7. The standard InChI is InChI=1S/C15H23N3O5S2/c1-15(2,3)17-12(19)10-16-14(20)13-11(4-9-24-13)25(21,22)18-5-7-23-8-6-18/h4,9H,5-8,10H2,1-3H3,(H,16,20)(H,17,19). The maximum Gasteiger partial charge on any atom is 0.263 e. The highest BCUT2D eigenvalue weighted by Gasteiger charge is 2.31. The lowest BCUT2D eigenvalue weighted by atomic mass is 10.1. The summed E-state index contributed by atoms with van der Waals surface area (Å²) in [6, 6.07) is 1.42. The summed E-state index contributed by atoms with van der Waals surface area (Å²) in [5.74, 6) is -0.916. The molecule has 0 aliphatic carbocycles. The van der Waals surface area contributed by atoms with Gasteiger partial charge in [-0.05, 0) is 32.2 Å². The van der Waals surface area contributed by atoms with Gasteiger partial charge in [-0.2, -0.15) is 4.31 Å². The Morgan fingerprint density at radius 2 is 1.92 bits per heavy atom. The molecule has 0 bridgehead atoms. The van der Waals surface area contributed by atoms with Crippen LogP contribution < -0.4 is 10.6 Å². The lowest BCUT2D eigenvalue weighted by Crippen LogP contribution is -2.46. The van der Waals surface area contributed by atoms with Crippen LogP contribution in [0.5, 0.6) is 0 Å². The highest BCUT2D eigenvalue weighted by atomic mass is 32.2. The first-order chi connectivity index (χ1) is 11.6. The molecule has 1 saturated heterocycles. The number of rotatable bonds is 5. The first-order valence-electron chi connectivity index (χ1n) is 7.86. The van der Waals surface area contributed by atoms with E-state index in [2.05, 4.69) is 10.6 Å².